The molecule has 0 aliphatic carbocycles. The van der Waals surface area contributed by atoms with Crippen molar-refractivity contribution in [2.75, 3.05) is 0 Å². The van der Waals surface area contributed by atoms with Crippen LogP contribution in [-0.4, -0.2) is 4.92 Å². The second-order valence-electron chi connectivity index (χ2n) is 3.70. The third-order valence-corrected chi connectivity index (χ3v) is 2.21. The first-order valence-corrected chi connectivity index (χ1v) is 5.35. The van der Waals surface area contributed by atoms with Gasteiger partial charge in [0, 0.05) is 24.5 Å². The summed E-state index contributed by atoms with van der Waals surface area (Å²) < 4.78 is 0. The van der Waals surface area contributed by atoms with Gasteiger partial charge in [-0.05, 0) is 12.0 Å². The van der Waals surface area contributed by atoms with Crippen molar-refractivity contribution in [3.8, 4) is 11.8 Å². The molecule has 1 aromatic rings. The normalized spacial score (nSPS) is 11.4. The molecule has 0 N–H and O–H groups in total. The van der Waals surface area contributed by atoms with Crippen molar-refractivity contribution >= 4 is 5.69 Å². The lowest BCUT2D eigenvalue weighted by atomic mass is 10.0. The average molecular weight is 217 g/mol. The molecule has 0 saturated heterocycles. The van der Waals surface area contributed by atoms with Gasteiger partial charge in [-0.25, -0.2) is 0 Å². The zero-order valence-electron chi connectivity index (χ0n) is 9.56. The summed E-state index contributed by atoms with van der Waals surface area (Å²) in [5.41, 5.74) is 1.22. The molecule has 1 atom stereocenters. The lowest BCUT2D eigenvalue weighted by Crippen LogP contribution is -1.97. The maximum atomic E-state index is 10.5. The fourth-order valence-corrected chi connectivity index (χ4v) is 1.43. The van der Waals surface area contributed by atoms with Gasteiger partial charge in [0.1, 0.15) is 0 Å². The molecule has 1 rings (SSSR count). The van der Waals surface area contributed by atoms with Crippen molar-refractivity contribution in [3.63, 3.8) is 0 Å². The summed E-state index contributed by atoms with van der Waals surface area (Å²) in [7, 11) is 0. The van der Waals surface area contributed by atoms with E-state index in [1.54, 1.807) is 12.1 Å². The van der Waals surface area contributed by atoms with Gasteiger partial charge in [0.25, 0.3) is 5.69 Å². The Balaban J connectivity index is 2.65. The van der Waals surface area contributed by atoms with Crippen LogP contribution in [0.15, 0.2) is 24.3 Å². The van der Waals surface area contributed by atoms with Crippen LogP contribution in [0.4, 0.5) is 5.69 Å². The van der Waals surface area contributed by atoms with Gasteiger partial charge < -0.3 is 0 Å². The summed E-state index contributed by atoms with van der Waals surface area (Å²) in [5.74, 6) is 6.47. The van der Waals surface area contributed by atoms with Crippen molar-refractivity contribution in [2.24, 2.45) is 5.92 Å². The largest absolute Gasteiger partial charge is 0.269 e. The van der Waals surface area contributed by atoms with Crippen LogP contribution in [0.5, 0.6) is 0 Å². The van der Waals surface area contributed by atoms with Crippen molar-refractivity contribution in [1.82, 2.24) is 0 Å². The van der Waals surface area contributed by atoms with Gasteiger partial charge in [-0.1, -0.05) is 31.9 Å². The Labute approximate surface area is 95.6 Å². The number of non-ortho nitro benzene ring substituents is 1. The first-order valence-electron chi connectivity index (χ1n) is 5.35. The number of nitrogens with zero attached hydrogens (tertiary/aromatic N) is 1. The average Bonchev–Trinajstić information content (AvgIpc) is 2.27. The quantitative estimate of drug-likeness (QED) is 0.443. The van der Waals surface area contributed by atoms with Crippen LogP contribution in [0, 0.1) is 27.9 Å². The van der Waals surface area contributed by atoms with Gasteiger partial charge in [-0.3, -0.25) is 10.1 Å². The van der Waals surface area contributed by atoms with Gasteiger partial charge in [-0.15, -0.1) is 5.92 Å². The van der Waals surface area contributed by atoms with Crippen LogP contribution < -0.4 is 0 Å². The second kappa shape index (κ2) is 5.92. The highest BCUT2D eigenvalue weighted by Gasteiger charge is 2.05. The molecule has 0 fully saturated rings. The van der Waals surface area contributed by atoms with Crippen molar-refractivity contribution < 1.29 is 4.92 Å². The molecule has 3 heteroatoms. The monoisotopic (exact) mass is 217 g/mol. The van der Waals surface area contributed by atoms with Crippen LogP contribution in [0.1, 0.15) is 25.8 Å². The minimum absolute atomic E-state index is 0.135. The highest BCUT2D eigenvalue weighted by molar-refractivity contribution is 5.33. The number of rotatable bonds is 3. The summed E-state index contributed by atoms with van der Waals surface area (Å²) in [6, 6.07) is 6.66. The minimum atomic E-state index is -0.385. The lowest BCUT2D eigenvalue weighted by Gasteiger charge is -2.03. The number of nitro groups is 1. The van der Waals surface area contributed by atoms with E-state index in [1.807, 2.05) is 6.92 Å². The predicted octanol–water partition coefficient (Wildman–Crippen LogP) is 3.19. The van der Waals surface area contributed by atoms with Gasteiger partial charge in [0.2, 0.25) is 0 Å². The Hall–Kier alpha value is -1.82. The van der Waals surface area contributed by atoms with Crippen molar-refractivity contribution in [3.05, 3.63) is 39.9 Å². The Morgan fingerprint density at radius 1 is 1.38 bits per heavy atom. The topological polar surface area (TPSA) is 43.1 Å². The molecule has 84 valence electrons. The standard InChI is InChI=1S/C13H15NO2/c1-3-4-5-11(2)10-12-6-8-13(9-7-12)14(15)16/h6-9,11H,3,10H2,1-2H3. The number of nitro benzene ring substituents is 1. The van der Waals surface area contributed by atoms with Crippen LogP contribution in [0.2, 0.25) is 0 Å². The SMILES string of the molecule is CCC#CC(C)Cc1ccc([N+](=O)[O-])cc1. The van der Waals surface area contributed by atoms with Crippen LogP contribution in [0.25, 0.3) is 0 Å². The Morgan fingerprint density at radius 2 is 2.00 bits per heavy atom. The highest BCUT2D eigenvalue weighted by atomic mass is 16.6. The molecule has 0 radical (unpaired) electrons. The number of hydrogen-bond acceptors (Lipinski definition) is 2. The van der Waals surface area contributed by atoms with E-state index in [0.717, 1.165) is 18.4 Å². The molecular formula is C13H15NO2. The number of benzene rings is 1. The summed E-state index contributed by atoms with van der Waals surface area (Å²) in [6.45, 7) is 4.08. The first-order chi connectivity index (χ1) is 7.63. The molecule has 0 aliphatic heterocycles. The van der Waals surface area contributed by atoms with Crippen LogP contribution in [-0.2, 0) is 6.42 Å². The zero-order valence-corrected chi connectivity index (χ0v) is 9.56. The van der Waals surface area contributed by atoms with E-state index >= 15 is 0 Å². The van der Waals surface area contributed by atoms with E-state index in [9.17, 15) is 10.1 Å². The zero-order chi connectivity index (χ0) is 12.0. The molecule has 3 nitrogen and oxygen atoms in total. The summed E-state index contributed by atoms with van der Waals surface area (Å²) in [5, 5.41) is 10.5. The Morgan fingerprint density at radius 3 is 2.50 bits per heavy atom. The maximum Gasteiger partial charge on any atom is 0.269 e. The van der Waals surface area contributed by atoms with E-state index in [1.165, 1.54) is 12.1 Å². The molecule has 0 heterocycles. The predicted molar refractivity (Wildman–Crippen MR) is 64.0 cm³/mol. The van der Waals surface area contributed by atoms with Gasteiger partial charge in [0.15, 0.2) is 0 Å². The molecular weight excluding hydrogens is 202 g/mol. The Bertz CT molecular complexity index is 412. The first kappa shape index (κ1) is 12.3. The summed E-state index contributed by atoms with van der Waals surface area (Å²) in [4.78, 5) is 10.1. The fraction of sp³-hybridized carbons (Fsp3) is 0.385. The van der Waals surface area contributed by atoms with E-state index in [0.29, 0.717) is 5.92 Å². The molecule has 0 saturated carbocycles. The summed E-state index contributed by atoms with van der Waals surface area (Å²) >= 11 is 0. The molecule has 0 spiro atoms. The third-order valence-electron chi connectivity index (χ3n) is 2.21. The molecule has 0 amide bonds. The smallest absolute Gasteiger partial charge is 0.258 e. The molecule has 16 heavy (non-hydrogen) atoms. The van der Waals surface area contributed by atoms with E-state index in [4.69, 9.17) is 0 Å². The lowest BCUT2D eigenvalue weighted by molar-refractivity contribution is -0.384. The van der Waals surface area contributed by atoms with E-state index < -0.39 is 0 Å². The highest BCUT2D eigenvalue weighted by Crippen LogP contribution is 2.14. The fourth-order valence-electron chi connectivity index (χ4n) is 1.43. The van der Waals surface area contributed by atoms with Crippen LogP contribution in [0.3, 0.4) is 0 Å². The third kappa shape index (κ3) is 3.74. The van der Waals surface area contributed by atoms with Gasteiger partial charge in [-0.2, -0.15) is 0 Å². The van der Waals surface area contributed by atoms with Crippen molar-refractivity contribution in [1.29, 1.82) is 0 Å². The number of hydrogen-bond donors (Lipinski definition) is 0. The Kier molecular flexibility index (Phi) is 4.53. The molecule has 1 aromatic carbocycles. The van der Waals surface area contributed by atoms with E-state index in [-0.39, 0.29) is 10.6 Å². The maximum absolute atomic E-state index is 10.5. The van der Waals surface area contributed by atoms with Gasteiger partial charge in [0.05, 0.1) is 4.92 Å². The molecule has 0 aliphatic rings. The van der Waals surface area contributed by atoms with E-state index in [2.05, 4.69) is 18.8 Å². The van der Waals surface area contributed by atoms with Gasteiger partial charge >= 0.3 is 0 Å². The van der Waals surface area contributed by atoms with Crippen molar-refractivity contribution in [2.45, 2.75) is 26.7 Å². The summed E-state index contributed by atoms with van der Waals surface area (Å²) in [6.07, 6.45) is 1.70. The molecule has 1 unspecified atom stereocenters. The molecule has 0 bridgehead atoms. The molecule has 0 aromatic heterocycles. The minimum Gasteiger partial charge on any atom is -0.258 e. The second-order valence-corrected chi connectivity index (χ2v) is 3.70. The van der Waals surface area contributed by atoms with Crippen LogP contribution >= 0.6 is 0 Å².